The Morgan fingerprint density at radius 2 is 2.04 bits per heavy atom. The number of anilines is 1. The van der Waals surface area contributed by atoms with E-state index in [0.717, 1.165) is 49.5 Å². The summed E-state index contributed by atoms with van der Waals surface area (Å²) in [6.07, 6.45) is 1.73. The predicted octanol–water partition coefficient (Wildman–Crippen LogP) is 4.11. The van der Waals surface area contributed by atoms with Crippen molar-refractivity contribution in [2.75, 3.05) is 5.32 Å². The van der Waals surface area contributed by atoms with Gasteiger partial charge in [0.05, 0.1) is 44.2 Å². The van der Waals surface area contributed by atoms with Gasteiger partial charge in [0, 0.05) is 0 Å². The molecule has 0 saturated heterocycles. The van der Waals surface area contributed by atoms with Crippen LogP contribution in [0.3, 0.4) is 0 Å². The number of benzene rings is 1. The SMILES string of the molecule is C=C(Nc1cn[nH]c1-c1nc2ccccc2[nH]1)c1sc(C)nc1C. The molecule has 4 aromatic rings. The number of fused-ring (bicyclic) bond motifs is 1. The fourth-order valence-electron chi connectivity index (χ4n) is 2.66. The van der Waals surface area contributed by atoms with Gasteiger partial charge in [-0.1, -0.05) is 18.7 Å². The molecule has 3 N–H and O–H groups in total. The minimum Gasteiger partial charge on any atom is -0.352 e. The van der Waals surface area contributed by atoms with Crippen molar-refractivity contribution in [2.45, 2.75) is 13.8 Å². The topological polar surface area (TPSA) is 82.3 Å². The highest BCUT2D eigenvalue weighted by Crippen LogP contribution is 2.30. The highest BCUT2D eigenvalue weighted by atomic mass is 32.1. The Kier molecular flexibility index (Phi) is 3.42. The third kappa shape index (κ3) is 2.48. The van der Waals surface area contributed by atoms with Crippen LogP contribution in [0.1, 0.15) is 15.6 Å². The Hall–Kier alpha value is -2.93. The number of H-pyrrole nitrogens is 2. The molecule has 1 aromatic carbocycles. The van der Waals surface area contributed by atoms with E-state index in [1.807, 2.05) is 38.1 Å². The number of nitrogens with zero attached hydrogens (tertiary/aromatic N) is 3. The smallest absolute Gasteiger partial charge is 0.158 e. The summed E-state index contributed by atoms with van der Waals surface area (Å²) >= 11 is 1.62. The maximum atomic E-state index is 4.61. The van der Waals surface area contributed by atoms with Crippen LogP contribution in [0.15, 0.2) is 37.0 Å². The van der Waals surface area contributed by atoms with Crippen LogP contribution in [0.4, 0.5) is 5.69 Å². The molecular weight excluding hydrogens is 320 g/mol. The molecule has 6 nitrogen and oxygen atoms in total. The molecule has 24 heavy (non-hydrogen) atoms. The maximum Gasteiger partial charge on any atom is 0.158 e. The lowest BCUT2D eigenvalue weighted by atomic mass is 10.3. The zero-order valence-electron chi connectivity index (χ0n) is 13.3. The Morgan fingerprint density at radius 1 is 1.21 bits per heavy atom. The number of rotatable bonds is 4. The Labute approximate surface area is 142 Å². The number of nitrogens with one attached hydrogen (secondary N) is 3. The van der Waals surface area contributed by atoms with Crippen LogP contribution in [0.2, 0.25) is 0 Å². The van der Waals surface area contributed by atoms with Crippen LogP contribution in [-0.4, -0.2) is 25.1 Å². The van der Waals surface area contributed by atoms with E-state index in [9.17, 15) is 0 Å². The van der Waals surface area contributed by atoms with E-state index in [0.29, 0.717) is 0 Å². The van der Waals surface area contributed by atoms with Gasteiger partial charge in [-0.2, -0.15) is 5.10 Å². The first-order valence-corrected chi connectivity index (χ1v) is 8.32. The number of hydrogen-bond acceptors (Lipinski definition) is 5. The molecule has 120 valence electrons. The van der Waals surface area contributed by atoms with Gasteiger partial charge in [-0.25, -0.2) is 9.97 Å². The second kappa shape index (κ2) is 5.61. The molecule has 7 heteroatoms. The van der Waals surface area contributed by atoms with Gasteiger partial charge in [-0.05, 0) is 26.0 Å². The van der Waals surface area contributed by atoms with Gasteiger partial charge in [0.15, 0.2) is 5.82 Å². The zero-order valence-corrected chi connectivity index (χ0v) is 14.2. The summed E-state index contributed by atoms with van der Waals surface area (Å²) in [5, 5.41) is 11.5. The molecule has 0 fully saturated rings. The van der Waals surface area contributed by atoms with Crippen molar-refractivity contribution in [3.63, 3.8) is 0 Å². The molecule has 0 unspecified atom stereocenters. The first-order chi connectivity index (χ1) is 11.6. The largest absolute Gasteiger partial charge is 0.352 e. The standard InChI is InChI=1S/C17H16N6S/c1-9-16(24-11(3)19-9)10(2)20-14-8-18-23-15(14)17-21-12-6-4-5-7-13(12)22-17/h4-8,20H,2H2,1,3H3,(H,18,23)(H,21,22). The zero-order chi connectivity index (χ0) is 16.7. The number of hydrogen-bond donors (Lipinski definition) is 3. The Balaban J connectivity index is 1.67. The summed E-state index contributed by atoms with van der Waals surface area (Å²) in [4.78, 5) is 13.4. The van der Waals surface area contributed by atoms with E-state index in [1.165, 1.54) is 0 Å². The number of thiazole rings is 1. The molecule has 0 amide bonds. The van der Waals surface area contributed by atoms with E-state index >= 15 is 0 Å². The molecule has 0 radical (unpaired) electrons. The second-order valence-electron chi connectivity index (χ2n) is 5.51. The van der Waals surface area contributed by atoms with Gasteiger partial charge in [0.2, 0.25) is 0 Å². The summed E-state index contributed by atoms with van der Waals surface area (Å²) < 4.78 is 0. The number of para-hydroxylation sites is 2. The lowest BCUT2D eigenvalue weighted by molar-refractivity contribution is 1.08. The second-order valence-corrected chi connectivity index (χ2v) is 6.72. The molecule has 0 saturated carbocycles. The van der Waals surface area contributed by atoms with Crippen molar-refractivity contribution < 1.29 is 0 Å². The van der Waals surface area contributed by atoms with Crippen LogP contribution >= 0.6 is 11.3 Å². The summed E-state index contributed by atoms with van der Waals surface area (Å²) in [5.41, 5.74) is 5.30. The number of aromatic nitrogens is 5. The fourth-order valence-corrected chi connectivity index (χ4v) is 3.51. The molecule has 0 aliphatic rings. The minimum absolute atomic E-state index is 0.737. The number of imidazole rings is 1. The monoisotopic (exact) mass is 336 g/mol. The van der Waals surface area contributed by atoms with Crippen LogP contribution < -0.4 is 5.32 Å². The summed E-state index contributed by atoms with van der Waals surface area (Å²) in [6.45, 7) is 8.12. The van der Waals surface area contributed by atoms with Gasteiger partial charge in [-0.3, -0.25) is 5.10 Å². The average Bonchev–Trinajstić information content (AvgIpc) is 3.24. The molecule has 0 aliphatic heterocycles. The highest BCUT2D eigenvalue weighted by Gasteiger charge is 2.15. The van der Waals surface area contributed by atoms with Gasteiger partial charge in [0.25, 0.3) is 0 Å². The predicted molar refractivity (Wildman–Crippen MR) is 97.9 cm³/mol. The average molecular weight is 336 g/mol. The third-order valence-corrected chi connectivity index (χ3v) is 4.86. The molecule has 0 bridgehead atoms. The summed E-state index contributed by atoms with van der Waals surface area (Å²) in [6, 6.07) is 7.92. The number of aromatic amines is 2. The minimum atomic E-state index is 0.737. The van der Waals surface area contributed by atoms with Gasteiger partial charge in [0.1, 0.15) is 5.69 Å². The van der Waals surface area contributed by atoms with E-state index in [2.05, 4.69) is 37.0 Å². The van der Waals surface area contributed by atoms with E-state index in [-0.39, 0.29) is 0 Å². The van der Waals surface area contributed by atoms with Crippen LogP contribution in [0, 0.1) is 13.8 Å². The van der Waals surface area contributed by atoms with E-state index < -0.39 is 0 Å². The van der Waals surface area contributed by atoms with Crippen molar-refractivity contribution >= 4 is 33.8 Å². The van der Waals surface area contributed by atoms with E-state index in [1.54, 1.807) is 17.5 Å². The molecule has 0 atom stereocenters. The normalized spacial score (nSPS) is 11.1. The van der Waals surface area contributed by atoms with Gasteiger partial charge >= 0.3 is 0 Å². The molecular formula is C17H16N6S. The highest BCUT2D eigenvalue weighted by molar-refractivity contribution is 7.12. The lowest BCUT2D eigenvalue weighted by Gasteiger charge is -2.07. The van der Waals surface area contributed by atoms with Crippen molar-refractivity contribution in [2.24, 2.45) is 0 Å². The van der Waals surface area contributed by atoms with Crippen LogP contribution in [0.25, 0.3) is 28.2 Å². The van der Waals surface area contributed by atoms with Gasteiger partial charge < -0.3 is 10.3 Å². The van der Waals surface area contributed by atoms with Crippen LogP contribution in [-0.2, 0) is 0 Å². The maximum absolute atomic E-state index is 4.61. The molecule has 4 rings (SSSR count). The lowest BCUT2D eigenvalue weighted by Crippen LogP contribution is -1.98. The quantitative estimate of drug-likeness (QED) is 0.524. The number of aryl methyl sites for hydroxylation is 2. The first kappa shape index (κ1) is 14.6. The summed E-state index contributed by atoms with van der Waals surface area (Å²) in [5.74, 6) is 0.737. The van der Waals surface area contributed by atoms with Crippen molar-refractivity contribution in [1.29, 1.82) is 0 Å². The van der Waals surface area contributed by atoms with Crippen LogP contribution in [0.5, 0.6) is 0 Å². The van der Waals surface area contributed by atoms with E-state index in [4.69, 9.17) is 0 Å². The van der Waals surface area contributed by atoms with Crippen molar-refractivity contribution in [3.8, 4) is 11.5 Å². The summed E-state index contributed by atoms with van der Waals surface area (Å²) in [7, 11) is 0. The Bertz CT molecular complexity index is 1010. The molecule has 0 spiro atoms. The fraction of sp³-hybridized carbons (Fsp3) is 0.118. The molecule has 3 aromatic heterocycles. The van der Waals surface area contributed by atoms with Crippen molar-refractivity contribution in [3.05, 3.63) is 52.6 Å². The molecule has 0 aliphatic carbocycles. The first-order valence-electron chi connectivity index (χ1n) is 7.50. The van der Waals surface area contributed by atoms with Crippen molar-refractivity contribution in [1.82, 2.24) is 25.1 Å². The molecule has 3 heterocycles. The Morgan fingerprint density at radius 3 is 2.79 bits per heavy atom. The third-order valence-electron chi connectivity index (χ3n) is 3.73. The van der Waals surface area contributed by atoms with Gasteiger partial charge in [-0.15, -0.1) is 11.3 Å².